The second kappa shape index (κ2) is 7.51. The minimum Gasteiger partial charge on any atom is -0.304 e. The van der Waals surface area contributed by atoms with Crippen molar-refractivity contribution in [3.8, 4) is 11.1 Å². The van der Waals surface area contributed by atoms with Crippen LogP contribution in [0.2, 0.25) is 0 Å². The van der Waals surface area contributed by atoms with Crippen molar-refractivity contribution in [2.24, 2.45) is 0 Å². The van der Waals surface area contributed by atoms with Crippen molar-refractivity contribution in [1.29, 1.82) is 0 Å². The molecule has 5 aromatic carbocycles. The maximum atomic E-state index is 13.5. The maximum absolute atomic E-state index is 13.5. The van der Waals surface area contributed by atoms with Crippen LogP contribution in [0.3, 0.4) is 0 Å². The Morgan fingerprint density at radius 3 is 1.81 bits per heavy atom. The Bertz CT molecular complexity index is 1610. The van der Waals surface area contributed by atoms with E-state index in [2.05, 4.69) is 84.9 Å². The van der Waals surface area contributed by atoms with Gasteiger partial charge in [-0.05, 0) is 50.4 Å². The summed E-state index contributed by atoms with van der Waals surface area (Å²) in [6.45, 7) is 0.552. The van der Waals surface area contributed by atoms with Gasteiger partial charge in [0.05, 0.1) is 12.1 Å². The van der Waals surface area contributed by atoms with E-state index in [1.807, 2.05) is 34.9 Å². The van der Waals surface area contributed by atoms with Gasteiger partial charge in [0, 0.05) is 11.5 Å². The van der Waals surface area contributed by atoms with Crippen molar-refractivity contribution in [1.82, 2.24) is 4.57 Å². The van der Waals surface area contributed by atoms with Crippen LogP contribution in [-0.4, -0.2) is 4.57 Å². The average Bonchev–Trinajstić information content (AvgIpc) is 2.85. The molecule has 0 aliphatic heterocycles. The zero-order chi connectivity index (χ0) is 21.5. The predicted molar refractivity (Wildman–Crippen MR) is 134 cm³/mol. The molecule has 152 valence electrons. The summed E-state index contributed by atoms with van der Waals surface area (Å²) >= 11 is 0. The van der Waals surface area contributed by atoms with E-state index in [9.17, 15) is 4.79 Å². The molecule has 0 saturated carbocycles. The molecule has 1 aromatic heterocycles. The van der Waals surface area contributed by atoms with Crippen LogP contribution in [0.4, 0.5) is 0 Å². The summed E-state index contributed by atoms with van der Waals surface area (Å²) in [5.41, 5.74) is 4.19. The van der Waals surface area contributed by atoms with Crippen LogP contribution in [-0.2, 0) is 6.54 Å². The number of nitrogens with zero attached hydrogens (tertiary/aromatic N) is 1. The second-order valence-electron chi connectivity index (χ2n) is 8.18. The lowest BCUT2D eigenvalue weighted by Gasteiger charge is -2.17. The van der Waals surface area contributed by atoms with Crippen LogP contribution in [0.15, 0.2) is 120 Å². The van der Waals surface area contributed by atoms with E-state index in [4.69, 9.17) is 0 Å². The molecule has 1 heterocycles. The van der Waals surface area contributed by atoms with Crippen LogP contribution in [0, 0.1) is 0 Å². The monoisotopic (exact) mass is 411 g/mol. The van der Waals surface area contributed by atoms with Gasteiger partial charge in [0.1, 0.15) is 0 Å². The molecule has 2 nitrogen and oxygen atoms in total. The Hall–Kier alpha value is -4.17. The lowest BCUT2D eigenvalue weighted by molar-refractivity contribution is 0.795. The molecule has 2 heteroatoms. The average molecular weight is 412 g/mol. The van der Waals surface area contributed by atoms with Gasteiger partial charge in [-0.25, -0.2) is 0 Å². The second-order valence-corrected chi connectivity index (χ2v) is 8.18. The smallest absolute Gasteiger partial charge is 0.251 e. The zero-order valence-corrected chi connectivity index (χ0v) is 17.5. The summed E-state index contributed by atoms with van der Waals surface area (Å²) < 4.78 is 1.88. The highest BCUT2D eigenvalue weighted by molar-refractivity contribution is 6.16. The highest BCUT2D eigenvalue weighted by Crippen LogP contribution is 2.38. The minimum absolute atomic E-state index is 0.0135. The number of hydrogen-bond donors (Lipinski definition) is 0. The van der Waals surface area contributed by atoms with Gasteiger partial charge < -0.3 is 4.57 Å². The molecular formula is C30H21NO. The van der Waals surface area contributed by atoms with Crippen molar-refractivity contribution in [3.63, 3.8) is 0 Å². The molecule has 0 fully saturated rings. The molecule has 0 bridgehead atoms. The van der Waals surface area contributed by atoms with Gasteiger partial charge >= 0.3 is 0 Å². The van der Waals surface area contributed by atoms with Crippen molar-refractivity contribution in [3.05, 3.63) is 131 Å². The van der Waals surface area contributed by atoms with E-state index in [-0.39, 0.29) is 5.56 Å². The number of hydrogen-bond acceptors (Lipinski definition) is 1. The fraction of sp³-hybridized carbons (Fsp3) is 0.0333. The third kappa shape index (κ3) is 3.00. The van der Waals surface area contributed by atoms with Crippen molar-refractivity contribution < 1.29 is 0 Å². The molecule has 0 aliphatic rings. The molecule has 6 rings (SSSR count). The lowest BCUT2D eigenvalue weighted by Crippen LogP contribution is -2.20. The normalized spacial score (nSPS) is 11.4. The number of pyridine rings is 1. The van der Waals surface area contributed by atoms with Crippen LogP contribution in [0.1, 0.15) is 5.56 Å². The third-order valence-corrected chi connectivity index (χ3v) is 6.24. The molecule has 6 aromatic rings. The summed E-state index contributed by atoms with van der Waals surface area (Å²) in [5.74, 6) is 0. The Morgan fingerprint density at radius 1 is 0.562 bits per heavy atom. The van der Waals surface area contributed by atoms with E-state index in [1.165, 1.54) is 10.8 Å². The first-order valence-electron chi connectivity index (χ1n) is 10.9. The molecular weight excluding hydrogens is 390 g/mol. The number of para-hydroxylation sites is 1. The molecule has 0 amide bonds. The van der Waals surface area contributed by atoms with Gasteiger partial charge in [-0.3, -0.25) is 4.79 Å². The number of fused-ring (bicyclic) bond motifs is 3. The van der Waals surface area contributed by atoms with Crippen molar-refractivity contribution >= 4 is 32.4 Å². The molecule has 0 saturated heterocycles. The van der Waals surface area contributed by atoms with Gasteiger partial charge in [0.25, 0.3) is 5.56 Å². The topological polar surface area (TPSA) is 22.0 Å². The zero-order valence-electron chi connectivity index (χ0n) is 17.5. The quantitative estimate of drug-likeness (QED) is 0.287. The number of aromatic nitrogens is 1. The van der Waals surface area contributed by atoms with Crippen molar-refractivity contribution in [2.75, 3.05) is 0 Å². The van der Waals surface area contributed by atoms with Gasteiger partial charge in [-0.15, -0.1) is 0 Å². The molecule has 0 atom stereocenters. The minimum atomic E-state index is 0.0135. The Kier molecular flexibility index (Phi) is 4.36. The molecule has 0 aliphatic carbocycles. The molecule has 0 unspecified atom stereocenters. The third-order valence-electron chi connectivity index (χ3n) is 6.24. The van der Waals surface area contributed by atoms with Crippen LogP contribution < -0.4 is 5.56 Å². The number of rotatable bonds is 3. The molecule has 0 radical (unpaired) electrons. The Balaban J connectivity index is 1.71. The predicted octanol–water partition coefficient (Wildman–Crippen LogP) is 7.02. The summed E-state index contributed by atoms with van der Waals surface area (Å²) in [6.07, 6.45) is 0. The SMILES string of the molecule is O=c1cc(-c2c3ccccc3cc3ccccc23)c2ccccc2n1Cc1ccccc1. The highest BCUT2D eigenvalue weighted by atomic mass is 16.1. The highest BCUT2D eigenvalue weighted by Gasteiger charge is 2.15. The van der Waals surface area contributed by atoms with E-state index in [0.29, 0.717) is 6.54 Å². The van der Waals surface area contributed by atoms with Gasteiger partial charge in [-0.2, -0.15) is 0 Å². The van der Waals surface area contributed by atoms with Gasteiger partial charge in [0.15, 0.2) is 0 Å². The fourth-order valence-electron chi connectivity index (χ4n) is 4.77. The Morgan fingerprint density at radius 2 is 1.12 bits per heavy atom. The van der Waals surface area contributed by atoms with Crippen LogP contribution >= 0.6 is 0 Å². The van der Waals surface area contributed by atoms with Gasteiger partial charge in [0.2, 0.25) is 0 Å². The van der Waals surface area contributed by atoms with Gasteiger partial charge in [-0.1, -0.05) is 97.1 Å². The van der Waals surface area contributed by atoms with Crippen molar-refractivity contribution in [2.45, 2.75) is 6.54 Å². The molecule has 0 spiro atoms. The first-order valence-corrected chi connectivity index (χ1v) is 10.9. The van der Waals surface area contributed by atoms with E-state index < -0.39 is 0 Å². The standard InChI is InChI=1S/C30H21NO/c32-29-19-27(26-16-8-9-17-28(26)31(29)20-21-10-2-1-3-11-21)30-24-14-6-4-12-22(24)18-23-13-5-7-15-25(23)30/h1-19H,20H2. The summed E-state index contributed by atoms with van der Waals surface area (Å²) in [4.78, 5) is 13.5. The summed E-state index contributed by atoms with van der Waals surface area (Å²) in [7, 11) is 0. The van der Waals surface area contributed by atoms with E-state index >= 15 is 0 Å². The molecule has 0 N–H and O–H groups in total. The first-order chi connectivity index (χ1) is 15.8. The summed E-state index contributed by atoms with van der Waals surface area (Å²) in [6, 6.07) is 39.3. The fourth-order valence-corrected chi connectivity index (χ4v) is 4.77. The van der Waals surface area contributed by atoms with Crippen LogP contribution in [0.25, 0.3) is 43.6 Å². The van der Waals surface area contributed by atoms with E-state index in [1.54, 1.807) is 0 Å². The maximum Gasteiger partial charge on any atom is 0.251 e. The van der Waals surface area contributed by atoms with Crippen LogP contribution in [0.5, 0.6) is 0 Å². The molecule has 32 heavy (non-hydrogen) atoms. The largest absolute Gasteiger partial charge is 0.304 e. The lowest BCUT2D eigenvalue weighted by atomic mass is 9.90. The first kappa shape index (κ1) is 18.6. The summed E-state index contributed by atoms with van der Waals surface area (Å²) in [5, 5.41) is 5.77. The van der Waals surface area contributed by atoms with E-state index in [0.717, 1.165) is 38.4 Å². The number of benzene rings is 5. The Labute approximate surface area is 186 Å².